The maximum absolute atomic E-state index is 12.4. The maximum atomic E-state index is 12.4. The second-order valence-corrected chi connectivity index (χ2v) is 6.05. The van der Waals surface area contributed by atoms with Gasteiger partial charge in [-0.2, -0.15) is 0 Å². The minimum Gasteiger partial charge on any atom is -0.465 e. The zero-order valence-electron chi connectivity index (χ0n) is 13.9. The molecule has 3 rings (SSSR count). The molecule has 2 aromatic carbocycles. The third-order valence-corrected chi connectivity index (χ3v) is 4.46. The van der Waals surface area contributed by atoms with Crippen LogP contribution in [0.15, 0.2) is 48.7 Å². The molecule has 0 fully saturated rings. The molecule has 0 spiro atoms. The Morgan fingerprint density at radius 1 is 1.16 bits per heavy atom. The molecular formula is C19H17ClN2O3. The van der Waals surface area contributed by atoms with Crippen molar-refractivity contribution < 1.29 is 14.3 Å². The molecule has 0 radical (unpaired) electrons. The first-order valence-corrected chi connectivity index (χ1v) is 8.10. The van der Waals surface area contributed by atoms with Crippen LogP contribution in [0.4, 0.5) is 5.69 Å². The highest BCUT2D eigenvalue weighted by atomic mass is 35.5. The number of anilines is 1. The summed E-state index contributed by atoms with van der Waals surface area (Å²) in [4.78, 5) is 24.4. The minimum atomic E-state index is -0.430. The first-order chi connectivity index (χ1) is 12.0. The number of esters is 1. The van der Waals surface area contributed by atoms with Crippen LogP contribution in [-0.4, -0.2) is 23.6 Å². The van der Waals surface area contributed by atoms with Crippen LogP contribution in [0.1, 0.15) is 15.9 Å². The van der Waals surface area contributed by atoms with Crippen molar-refractivity contribution in [3.8, 4) is 0 Å². The van der Waals surface area contributed by atoms with Crippen molar-refractivity contribution in [1.29, 1.82) is 0 Å². The van der Waals surface area contributed by atoms with Crippen molar-refractivity contribution in [2.75, 3.05) is 12.4 Å². The van der Waals surface area contributed by atoms with Gasteiger partial charge in [0.05, 0.1) is 12.7 Å². The predicted octanol–water partition coefficient (Wildman–Crippen LogP) is 4.03. The van der Waals surface area contributed by atoms with Crippen LogP contribution in [0.3, 0.4) is 0 Å². The lowest BCUT2D eigenvalue weighted by Crippen LogP contribution is -2.19. The van der Waals surface area contributed by atoms with Gasteiger partial charge in [0, 0.05) is 27.8 Å². The molecule has 25 heavy (non-hydrogen) atoms. The van der Waals surface area contributed by atoms with Gasteiger partial charge in [0.2, 0.25) is 5.91 Å². The van der Waals surface area contributed by atoms with E-state index in [0.717, 1.165) is 16.5 Å². The number of hydrogen-bond acceptors (Lipinski definition) is 3. The molecule has 1 amide bonds. The van der Waals surface area contributed by atoms with Crippen LogP contribution in [0.25, 0.3) is 10.9 Å². The fourth-order valence-corrected chi connectivity index (χ4v) is 2.91. The minimum absolute atomic E-state index is 0.0729. The molecule has 1 N–H and O–H groups in total. The number of para-hydroxylation sites is 1. The number of carbonyl (C=O) groups excluding carboxylic acids is 2. The molecular weight excluding hydrogens is 340 g/mol. The Hall–Kier alpha value is -2.79. The third-order valence-electron chi connectivity index (χ3n) is 4.05. The summed E-state index contributed by atoms with van der Waals surface area (Å²) in [5.74, 6) is -0.636. The van der Waals surface area contributed by atoms with Crippen molar-refractivity contribution >= 4 is 40.1 Å². The molecule has 128 valence electrons. The van der Waals surface area contributed by atoms with E-state index in [4.69, 9.17) is 16.3 Å². The Morgan fingerprint density at radius 3 is 2.68 bits per heavy atom. The molecule has 0 saturated heterocycles. The van der Waals surface area contributed by atoms with Crippen LogP contribution < -0.4 is 5.32 Å². The number of ether oxygens (including phenoxy) is 1. The highest BCUT2D eigenvalue weighted by Gasteiger charge is 2.17. The number of rotatable bonds is 4. The summed E-state index contributed by atoms with van der Waals surface area (Å²) < 4.78 is 6.55. The molecule has 0 bridgehead atoms. The number of benzene rings is 2. The molecule has 5 nitrogen and oxygen atoms in total. The van der Waals surface area contributed by atoms with E-state index in [-0.39, 0.29) is 12.5 Å². The zero-order valence-corrected chi connectivity index (χ0v) is 14.6. The van der Waals surface area contributed by atoms with Gasteiger partial charge in [0.15, 0.2) is 0 Å². The number of fused-ring (bicyclic) bond motifs is 1. The summed E-state index contributed by atoms with van der Waals surface area (Å²) in [6, 6.07) is 12.7. The van der Waals surface area contributed by atoms with E-state index in [1.807, 2.05) is 31.2 Å². The highest BCUT2D eigenvalue weighted by Crippen LogP contribution is 2.24. The van der Waals surface area contributed by atoms with E-state index < -0.39 is 5.97 Å². The average Bonchev–Trinajstić information content (AvgIpc) is 2.97. The maximum Gasteiger partial charge on any atom is 0.340 e. The van der Waals surface area contributed by atoms with Crippen molar-refractivity contribution in [2.24, 2.45) is 0 Å². The van der Waals surface area contributed by atoms with Crippen LogP contribution in [-0.2, 0) is 16.1 Å². The Labute approximate surface area is 150 Å². The number of halogens is 1. The van der Waals surface area contributed by atoms with E-state index in [1.54, 1.807) is 29.0 Å². The number of aromatic nitrogens is 1. The summed E-state index contributed by atoms with van der Waals surface area (Å²) >= 11 is 6.08. The van der Waals surface area contributed by atoms with Crippen LogP contribution in [0.5, 0.6) is 0 Å². The molecule has 0 aliphatic heterocycles. The van der Waals surface area contributed by atoms with E-state index in [0.29, 0.717) is 16.3 Å². The predicted molar refractivity (Wildman–Crippen MR) is 98.1 cm³/mol. The monoisotopic (exact) mass is 356 g/mol. The fraction of sp³-hybridized carbons (Fsp3) is 0.158. The fourth-order valence-electron chi connectivity index (χ4n) is 2.74. The van der Waals surface area contributed by atoms with Crippen LogP contribution in [0, 0.1) is 6.92 Å². The lowest BCUT2D eigenvalue weighted by Gasteiger charge is -2.10. The number of carbonyl (C=O) groups is 2. The number of nitrogens with one attached hydrogen (secondary N) is 1. The average molecular weight is 357 g/mol. The molecule has 3 aromatic rings. The molecule has 1 aromatic heterocycles. The molecule has 0 aliphatic rings. The number of methoxy groups -OCH3 is 1. The van der Waals surface area contributed by atoms with E-state index in [2.05, 4.69) is 5.32 Å². The molecule has 0 aliphatic carbocycles. The first-order valence-electron chi connectivity index (χ1n) is 7.72. The Balaban J connectivity index is 1.89. The highest BCUT2D eigenvalue weighted by molar-refractivity contribution is 6.31. The quantitative estimate of drug-likeness (QED) is 0.718. The van der Waals surface area contributed by atoms with Crippen molar-refractivity contribution in [1.82, 2.24) is 4.57 Å². The van der Waals surface area contributed by atoms with Gasteiger partial charge in [-0.15, -0.1) is 0 Å². The largest absolute Gasteiger partial charge is 0.465 e. The van der Waals surface area contributed by atoms with Gasteiger partial charge in [-0.05, 0) is 30.7 Å². The topological polar surface area (TPSA) is 60.3 Å². The summed E-state index contributed by atoms with van der Waals surface area (Å²) in [6.07, 6.45) is 1.64. The van der Waals surface area contributed by atoms with Gasteiger partial charge in [-0.3, -0.25) is 4.79 Å². The second-order valence-electron chi connectivity index (χ2n) is 5.64. The van der Waals surface area contributed by atoms with Crippen LogP contribution >= 0.6 is 11.6 Å². The van der Waals surface area contributed by atoms with Gasteiger partial charge < -0.3 is 14.6 Å². The van der Waals surface area contributed by atoms with Gasteiger partial charge >= 0.3 is 5.97 Å². The molecule has 0 unspecified atom stereocenters. The Morgan fingerprint density at radius 2 is 1.92 bits per heavy atom. The van der Waals surface area contributed by atoms with Gasteiger partial charge in [0.1, 0.15) is 6.54 Å². The smallest absolute Gasteiger partial charge is 0.340 e. The zero-order chi connectivity index (χ0) is 18.0. The lowest BCUT2D eigenvalue weighted by atomic mass is 10.2. The number of hydrogen-bond donors (Lipinski definition) is 1. The molecule has 0 atom stereocenters. The first kappa shape index (κ1) is 17.0. The van der Waals surface area contributed by atoms with Gasteiger partial charge in [-0.1, -0.05) is 35.9 Å². The van der Waals surface area contributed by atoms with Crippen molar-refractivity contribution in [2.45, 2.75) is 13.5 Å². The molecule has 0 saturated carbocycles. The second kappa shape index (κ2) is 6.99. The Kier molecular flexibility index (Phi) is 4.76. The summed E-state index contributed by atoms with van der Waals surface area (Å²) in [6.45, 7) is 1.92. The van der Waals surface area contributed by atoms with Gasteiger partial charge in [-0.25, -0.2) is 4.79 Å². The third kappa shape index (κ3) is 3.37. The standard InChI is InChI=1S/C19H17ClN2O3/c1-12-15(20)7-5-8-16(12)21-18(23)11-22-10-14(19(24)25-2)13-6-3-4-9-17(13)22/h3-10H,11H2,1-2H3,(H,21,23). The van der Waals surface area contributed by atoms with Crippen molar-refractivity contribution in [3.63, 3.8) is 0 Å². The summed E-state index contributed by atoms with van der Waals surface area (Å²) in [5.41, 5.74) is 2.71. The van der Waals surface area contributed by atoms with Crippen molar-refractivity contribution in [3.05, 3.63) is 64.8 Å². The number of amides is 1. The lowest BCUT2D eigenvalue weighted by molar-refractivity contribution is -0.116. The number of nitrogens with zero attached hydrogens (tertiary/aromatic N) is 1. The summed E-state index contributed by atoms with van der Waals surface area (Å²) in [5, 5.41) is 4.20. The van der Waals surface area contributed by atoms with Crippen LogP contribution in [0.2, 0.25) is 5.02 Å². The SMILES string of the molecule is COC(=O)c1cn(CC(=O)Nc2cccc(Cl)c2C)c2ccccc12. The van der Waals surface area contributed by atoms with E-state index in [1.165, 1.54) is 7.11 Å². The van der Waals surface area contributed by atoms with Gasteiger partial charge in [0.25, 0.3) is 0 Å². The summed E-state index contributed by atoms with van der Waals surface area (Å²) in [7, 11) is 1.34. The van der Waals surface area contributed by atoms with E-state index >= 15 is 0 Å². The Bertz CT molecular complexity index is 962. The molecule has 1 heterocycles. The van der Waals surface area contributed by atoms with E-state index in [9.17, 15) is 9.59 Å². The normalized spacial score (nSPS) is 10.7. The molecule has 6 heteroatoms.